The van der Waals surface area contributed by atoms with Crippen molar-refractivity contribution in [3.05, 3.63) is 91.1 Å². The highest BCUT2D eigenvalue weighted by Crippen LogP contribution is 2.44. The lowest BCUT2D eigenvalue weighted by molar-refractivity contribution is -0.143. The molecule has 3 aromatic carbocycles. The molecule has 0 spiro atoms. The van der Waals surface area contributed by atoms with Gasteiger partial charge in [0.1, 0.15) is 24.1 Å². The second kappa shape index (κ2) is 10.6. The molecular weight excluding hydrogens is 535 g/mol. The molecule has 0 aromatic heterocycles. The molecular formula is C26H18Cl4FNO3. The van der Waals surface area contributed by atoms with Gasteiger partial charge in [-0.05, 0) is 42.3 Å². The van der Waals surface area contributed by atoms with Gasteiger partial charge in [-0.1, -0.05) is 70.7 Å². The molecule has 0 saturated carbocycles. The molecule has 4 nitrogen and oxygen atoms in total. The zero-order valence-electron chi connectivity index (χ0n) is 18.3. The number of methoxy groups -OCH3 is 1. The predicted molar refractivity (Wildman–Crippen MR) is 139 cm³/mol. The monoisotopic (exact) mass is 551 g/mol. The number of carbonyl (C=O) groups is 1. The Morgan fingerprint density at radius 3 is 2.37 bits per heavy atom. The Bertz CT molecular complexity index is 1330. The second-order valence-electron chi connectivity index (χ2n) is 7.76. The first-order valence-corrected chi connectivity index (χ1v) is 11.9. The van der Waals surface area contributed by atoms with Crippen LogP contribution in [0.15, 0.2) is 48.5 Å². The Labute approximate surface area is 221 Å². The van der Waals surface area contributed by atoms with Crippen LogP contribution >= 0.6 is 46.4 Å². The van der Waals surface area contributed by atoms with E-state index in [4.69, 9.17) is 61.3 Å². The quantitative estimate of drug-likeness (QED) is 0.249. The molecule has 0 amide bonds. The van der Waals surface area contributed by atoms with Gasteiger partial charge >= 0.3 is 5.97 Å². The summed E-state index contributed by atoms with van der Waals surface area (Å²) >= 11 is 25.3. The van der Waals surface area contributed by atoms with E-state index in [0.717, 1.165) is 5.56 Å². The summed E-state index contributed by atoms with van der Waals surface area (Å²) in [6, 6.07) is 10.8. The molecule has 9 heteroatoms. The van der Waals surface area contributed by atoms with Gasteiger partial charge < -0.3 is 14.9 Å². The van der Waals surface area contributed by atoms with Gasteiger partial charge in [0.25, 0.3) is 0 Å². The summed E-state index contributed by atoms with van der Waals surface area (Å²) in [5.41, 5.74) is 2.65. The average Bonchev–Trinajstić information content (AvgIpc) is 2.82. The molecule has 1 aliphatic rings. The van der Waals surface area contributed by atoms with Crippen LogP contribution in [0.25, 0.3) is 17.2 Å². The fourth-order valence-corrected chi connectivity index (χ4v) is 5.31. The van der Waals surface area contributed by atoms with E-state index in [2.05, 4.69) is 0 Å². The Morgan fingerprint density at radius 1 is 1.09 bits per heavy atom. The van der Waals surface area contributed by atoms with E-state index < -0.39 is 17.7 Å². The third-order valence-corrected chi connectivity index (χ3v) is 6.89. The molecule has 180 valence electrons. The molecule has 1 N–H and O–H groups in total. The number of halogens is 5. The van der Waals surface area contributed by atoms with Crippen LogP contribution in [-0.4, -0.2) is 25.4 Å². The zero-order chi connectivity index (χ0) is 25.3. The van der Waals surface area contributed by atoms with Gasteiger partial charge in [-0.25, -0.2) is 4.39 Å². The van der Waals surface area contributed by atoms with Crippen molar-refractivity contribution < 1.29 is 18.7 Å². The van der Waals surface area contributed by atoms with E-state index >= 15 is 0 Å². The van der Waals surface area contributed by atoms with Crippen molar-refractivity contribution in [2.24, 2.45) is 5.92 Å². The lowest BCUT2D eigenvalue weighted by atomic mass is 9.86. The average molecular weight is 553 g/mol. The maximum Gasteiger partial charge on any atom is 0.315 e. The highest BCUT2D eigenvalue weighted by Gasteiger charge is 2.30. The van der Waals surface area contributed by atoms with Crippen LogP contribution in [0.2, 0.25) is 20.1 Å². The molecule has 0 aliphatic carbocycles. The van der Waals surface area contributed by atoms with Gasteiger partial charge in [0.2, 0.25) is 0 Å². The van der Waals surface area contributed by atoms with E-state index in [1.54, 1.807) is 30.3 Å². The van der Waals surface area contributed by atoms with Crippen molar-refractivity contribution in [2.75, 3.05) is 13.7 Å². The SMILES string of the molecule is COC(=O)C(Cc1ccc(-c2c(Cl)cc(F)cc2Cl)c2c1C=CCO2)C(=N)c1c(Cl)cccc1Cl. The van der Waals surface area contributed by atoms with Crippen molar-refractivity contribution in [3.63, 3.8) is 0 Å². The Kier molecular flexibility index (Phi) is 7.72. The van der Waals surface area contributed by atoms with Crippen LogP contribution in [0.3, 0.4) is 0 Å². The minimum Gasteiger partial charge on any atom is -0.488 e. The van der Waals surface area contributed by atoms with Crippen LogP contribution in [0.5, 0.6) is 5.75 Å². The van der Waals surface area contributed by atoms with Gasteiger partial charge in [-0.15, -0.1) is 0 Å². The molecule has 1 atom stereocenters. The first-order valence-electron chi connectivity index (χ1n) is 10.4. The van der Waals surface area contributed by atoms with E-state index in [1.165, 1.54) is 19.2 Å². The fraction of sp³-hybridized carbons (Fsp3) is 0.154. The first kappa shape index (κ1) is 25.5. The molecule has 0 bridgehead atoms. The van der Waals surface area contributed by atoms with E-state index in [-0.39, 0.29) is 37.8 Å². The highest BCUT2D eigenvalue weighted by atomic mass is 35.5. The second-order valence-corrected chi connectivity index (χ2v) is 9.39. The number of hydrogen-bond acceptors (Lipinski definition) is 4. The van der Waals surface area contributed by atoms with Gasteiger partial charge in [0.05, 0.1) is 32.9 Å². The number of nitrogens with one attached hydrogen (secondary N) is 1. The van der Waals surface area contributed by atoms with Gasteiger partial charge in [-0.3, -0.25) is 4.79 Å². The predicted octanol–water partition coefficient (Wildman–Crippen LogP) is 7.91. The largest absolute Gasteiger partial charge is 0.488 e. The highest BCUT2D eigenvalue weighted by molar-refractivity contribution is 6.41. The fourth-order valence-electron chi connectivity index (χ4n) is 4.05. The van der Waals surface area contributed by atoms with Crippen LogP contribution in [0.4, 0.5) is 4.39 Å². The Morgan fingerprint density at radius 2 is 1.74 bits per heavy atom. The van der Waals surface area contributed by atoms with Gasteiger partial charge in [0, 0.05) is 22.3 Å². The number of carbonyl (C=O) groups excluding carboxylic acids is 1. The molecule has 0 saturated heterocycles. The lowest BCUT2D eigenvalue weighted by Crippen LogP contribution is -2.28. The Balaban J connectivity index is 1.81. The maximum absolute atomic E-state index is 13.8. The summed E-state index contributed by atoms with van der Waals surface area (Å²) in [4.78, 5) is 12.8. The minimum atomic E-state index is -0.985. The van der Waals surface area contributed by atoms with Gasteiger partial charge in [0.15, 0.2) is 0 Å². The summed E-state index contributed by atoms with van der Waals surface area (Å²) in [6.45, 7) is 0.311. The van der Waals surface area contributed by atoms with E-state index in [9.17, 15) is 9.18 Å². The van der Waals surface area contributed by atoms with Crippen molar-refractivity contribution in [1.29, 1.82) is 5.41 Å². The van der Waals surface area contributed by atoms with Crippen LogP contribution < -0.4 is 4.74 Å². The summed E-state index contributed by atoms with van der Waals surface area (Å²) in [7, 11) is 1.26. The lowest BCUT2D eigenvalue weighted by Gasteiger charge is -2.23. The summed E-state index contributed by atoms with van der Waals surface area (Å²) < 4.78 is 24.7. The van der Waals surface area contributed by atoms with Crippen molar-refractivity contribution in [2.45, 2.75) is 6.42 Å². The third kappa shape index (κ3) is 5.05. The van der Waals surface area contributed by atoms with Gasteiger partial charge in [-0.2, -0.15) is 0 Å². The number of fused-ring (bicyclic) bond motifs is 1. The molecule has 1 aliphatic heterocycles. The van der Waals surface area contributed by atoms with Crippen molar-refractivity contribution in [3.8, 4) is 16.9 Å². The number of ether oxygens (including phenoxy) is 2. The third-order valence-electron chi connectivity index (χ3n) is 5.66. The molecule has 4 rings (SSSR count). The summed E-state index contributed by atoms with van der Waals surface area (Å²) in [6.07, 6.45) is 3.81. The number of rotatable bonds is 6. The molecule has 3 aromatic rings. The molecule has 1 heterocycles. The first-order chi connectivity index (χ1) is 16.7. The standard InChI is InChI=1S/C26H18Cl4FNO3/c1-34-26(33)17(24(32)23-18(27)5-2-6-19(23)28)10-13-7-8-16(25-15(13)4-3-9-35-25)22-20(29)11-14(31)12-21(22)30/h2-8,11-12,17,32H,9-10H2,1H3. The number of hydrogen-bond donors (Lipinski definition) is 1. The maximum atomic E-state index is 13.8. The molecule has 0 radical (unpaired) electrons. The topological polar surface area (TPSA) is 59.4 Å². The molecule has 0 fully saturated rings. The number of esters is 1. The zero-order valence-corrected chi connectivity index (χ0v) is 21.3. The normalized spacial score (nSPS) is 13.1. The van der Waals surface area contributed by atoms with Crippen LogP contribution in [-0.2, 0) is 16.0 Å². The summed E-state index contributed by atoms with van der Waals surface area (Å²) in [5.74, 6) is -1.64. The smallest absolute Gasteiger partial charge is 0.315 e. The van der Waals surface area contributed by atoms with Crippen LogP contribution in [0, 0.1) is 17.1 Å². The van der Waals surface area contributed by atoms with E-state index in [0.29, 0.717) is 29.0 Å². The van der Waals surface area contributed by atoms with E-state index in [1.807, 2.05) is 12.2 Å². The van der Waals surface area contributed by atoms with Crippen LogP contribution in [0.1, 0.15) is 16.7 Å². The Hall–Kier alpha value is -2.57. The summed E-state index contributed by atoms with van der Waals surface area (Å²) in [5, 5.41) is 9.57. The number of benzene rings is 3. The molecule has 1 unspecified atom stereocenters. The molecule has 35 heavy (non-hydrogen) atoms. The van der Waals surface area contributed by atoms with Crippen molar-refractivity contribution in [1.82, 2.24) is 0 Å². The van der Waals surface area contributed by atoms with Crippen molar-refractivity contribution >= 4 is 64.2 Å². The minimum absolute atomic E-state index is 0.0596.